The molecule has 0 spiro atoms. The van der Waals surface area contributed by atoms with Crippen LogP contribution in [0.2, 0.25) is 0 Å². The number of anilines is 4. The fourth-order valence-electron chi connectivity index (χ4n) is 7.27. The standard InChI is InChI=1S/C22H28BrNOS.C22H28INOS/c2*1-4-6-12-22(5-2)15-24(17-10-8-7-9-11-17)19-13-18(23)20(25-3)14-21(19)26-16-22/h2*7-11,13-14H,4-6,12,15-16H2,1-3H3. The SMILES string of the molecule is CCCCC1(CC)CSc2cc(OC)c(Br)cc2N(c2ccccc2)C1.CCCCC1(CC)CSc2cc(OC)c(I)cc2N(c2ccccc2)C1. The Morgan fingerprint density at radius 3 is 1.52 bits per heavy atom. The second kappa shape index (κ2) is 19.5. The number of para-hydroxylation sites is 2. The summed E-state index contributed by atoms with van der Waals surface area (Å²) in [6.07, 6.45) is 10.1. The second-order valence-electron chi connectivity index (χ2n) is 14.2. The highest BCUT2D eigenvalue weighted by atomic mass is 127. The summed E-state index contributed by atoms with van der Waals surface area (Å²) in [4.78, 5) is 7.69. The number of methoxy groups -OCH3 is 2. The van der Waals surface area contributed by atoms with Gasteiger partial charge in [-0.1, -0.05) is 89.8 Å². The number of benzene rings is 4. The Morgan fingerprint density at radius 2 is 1.10 bits per heavy atom. The van der Waals surface area contributed by atoms with Gasteiger partial charge >= 0.3 is 0 Å². The molecule has 2 unspecified atom stereocenters. The Labute approximate surface area is 344 Å². The predicted molar refractivity (Wildman–Crippen MR) is 239 cm³/mol. The number of fused-ring (bicyclic) bond motifs is 2. The number of hydrogen-bond acceptors (Lipinski definition) is 6. The van der Waals surface area contributed by atoms with Gasteiger partial charge in [0, 0.05) is 45.8 Å². The van der Waals surface area contributed by atoms with Crippen LogP contribution in [-0.4, -0.2) is 38.8 Å². The summed E-state index contributed by atoms with van der Waals surface area (Å²) >= 11 is 10.1. The van der Waals surface area contributed by atoms with Crippen LogP contribution in [0.3, 0.4) is 0 Å². The highest BCUT2D eigenvalue weighted by Crippen LogP contribution is 2.50. The van der Waals surface area contributed by atoms with Crippen molar-refractivity contribution in [3.63, 3.8) is 0 Å². The molecule has 4 aromatic rings. The number of ether oxygens (including phenoxy) is 2. The summed E-state index contributed by atoms with van der Waals surface area (Å²) in [7, 11) is 3.50. The zero-order chi connectivity index (χ0) is 37.1. The van der Waals surface area contributed by atoms with Crippen LogP contribution in [0.1, 0.15) is 79.1 Å². The molecule has 0 bridgehead atoms. The van der Waals surface area contributed by atoms with Crippen molar-refractivity contribution in [2.45, 2.75) is 88.9 Å². The lowest BCUT2D eigenvalue weighted by Crippen LogP contribution is -2.36. The Kier molecular flexibility index (Phi) is 15.5. The van der Waals surface area contributed by atoms with Crippen LogP contribution < -0.4 is 19.3 Å². The van der Waals surface area contributed by atoms with E-state index in [9.17, 15) is 0 Å². The number of unbranched alkanes of at least 4 members (excludes halogenated alkanes) is 2. The smallest absolute Gasteiger partial charge is 0.134 e. The van der Waals surface area contributed by atoms with Gasteiger partial charge in [0.25, 0.3) is 0 Å². The molecular weight excluding hydrogens is 859 g/mol. The van der Waals surface area contributed by atoms with E-state index in [1.54, 1.807) is 14.2 Å². The molecule has 2 aliphatic rings. The van der Waals surface area contributed by atoms with Crippen molar-refractivity contribution in [3.05, 3.63) is 93.0 Å². The lowest BCUT2D eigenvalue weighted by Gasteiger charge is -2.36. The third-order valence-corrected chi connectivity index (χ3v) is 15.1. The van der Waals surface area contributed by atoms with Gasteiger partial charge in [0.15, 0.2) is 0 Å². The first-order chi connectivity index (χ1) is 25.2. The van der Waals surface area contributed by atoms with Crippen LogP contribution >= 0.6 is 62.0 Å². The van der Waals surface area contributed by atoms with E-state index in [-0.39, 0.29) is 0 Å². The van der Waals surface area contributed by atoms with Gasteiger partial charge in [0.1, 0.15) is 11.5 Å². The highest BCUT2D eigenvalue weighted by molar-refractivity contribution is 14.1. The topological polar surface area (TPSA) is 24.9 Å². The molecule has 52 heavy (non-hydrogen) atoms. The zero-order valence-electron chi connectivity index (χ0n) is 31.9. The highest BCUT2D eigenvalue weighted by Gasteiger charge is 2.36. The van der Waals surface area contributed by atoms with Crippen LogP contribution in [0.4, 0.5) is 22.7 Å². The zero-order valence-corrected chi connectivity index (χ0v) is 37.2. The fourth-order valence-corrected chi connectivity index (χ4v) is 11.3. The molecule has 0 fully saturated rings. The number of thioether (sulfide) groups is 2. The van der Waals surface area contributed by atoms with E-state index >= 15 is 0 Å². The van der Waals surface area contributed by atoms with E-state index in [0.29, 0.717) is 10.8 Å². The van der Waals surface area contributed by atoms with Crippen LogP contribution in [0.5, 0.6) is 11.5 Å². The lowest BCUT2D eigenvalue weighted by atomic mass is 9.81. The van der Waals surface area contributed by atoms with E-state index in [1.807, 2.05) is 23.5 Å². The maximum atomic E-state index is 5.60. The Bertz CT molecular complexity index is 1600. The summed E-state index contributed by atoms with van der Waals surface area (Å²) in [5.41, 5.74) is 5.82. The molecule has 8 heteroatoms. The third kappa shape index (κ3) is 9.80. The first kappa shape index (κ1) is 41.2. The number of rotatable bonds is 12. The summed E-state index contributed by atoms with van der Waals surface area (Å²) in [6, 6.07) is 30.6. The van der Waals surface area contributed by atoms with Crippen LogP contribution in [-0.2, 0) is 0 Å². The van der Waals surface area contributed by atoms with Crippen molar-refractivity contribution in [1.82, 2.24) is 0 Å². The number of halogens is 2. The molecule has 4 nitrogen and oxygen atoms in total. The quantitative estimate of drug-likeness (QED) is 0.131. The van der Waals surface area contributed by atoms with Crippen molar-refractivity contribution < 1.29 is 9.47 Å². The van der Waals surface area contributed by atoms with Crippen molar-refractivity contribution in [1.29, 1.82) is 0 Å². The van der Waals surface area contributed by atoms with Crippen molar-refractivity contribution in [3.8, 4) is 11.5 Å². The van der Waals surface area contributed by atoms with E-state index in [1.165, 1.54) is 93.2 Å². The summed E-state index contributed by atoms with van der Waals surface area (Å²) in [6.45, 7) is 11.4. The van der Waals surface area contributed by atoms with Gasteiger partial charge in [-0.15, -0.1) is 23.5 Å². The van der Waals surface area contributed by atoms with E-state index in [0.717, 1.165) is 34.8 Å². The first-order valence-corrected chi connectivity index (χ1v) is 22.7. The molecule has 0 saturated carbocycles. The van der Waals surface area contributed by atoms with Gasteiger partial charge in [-0.2, -0.15) is 0 Å². The molecule has 2 aliphatic heterocycles. The molecule has 6 rings (SSSR count). The van der Waals surface area contributed by atoms with E-state index in [4.69, 9.17) is 9.47 Å². The summed E-state index contributed by atoms with van der Waals surface area (Å²) in [5, 5.41) is 0. The second-order valence-corrected chi connectivity index (χ2v) is 18.3. The van der Waals surface area contributed by atoms with Gasteiger partial charge in [-0.05, 0) is 124 Å². The van der Waals surface area contributed by atoms with Crippen LogP contribution in [0, 0.1) is 14.4 Å². The minimum atomic E-state index is 0.329. The van der Waals surface area contributed by atoms with Gasteiger partial charge < -0.3 is 19.3 Å². The molecule has 0 N–H and O–H groups in total. The maximum absolute atomic E-state index is 5.60. The minimum Gasteiger partial charge on any atom is -0.496 e. The molecule has 0 amide bonds. The first-order valence-electron chi connectivity index (χ1n) is 18.9. The molecule has 0 radical (unpaired) electrons. The van der Waals surface area contributed by atoms with Crippen molar-refractivity contribution in [2.75, 3.05) is 48.6 Å². The Morgan fingerprint density at radius 1 is 0.654 bits per heavy atom. The van der Waals surface area contributed by atoms with Gasteiger partial charge in [0.05, 0.1) is 33.6 Å². The maximum Gasteiger partial charge on any atom is 0.134 e. The summed E-state index contributed by atoms with van der Waals surface area (Å²) in [5.74, 6) is 4.21. The molecular formula is C44H56BrIN2O2S2. The van der Waals surface area contributed by atoms with Gasteiger partial charge in [0.2, 0.25) is 0 Å². The predicted octanol–water partition coefficient (Wildman–Crippen LogP) is 14.4. The lowest BCUT2D eigenvalue weighted by molar-refractivity contribution is 0.295. The van der Waals surface area contributed by atoms with Crippen LogP contribution in [0.25, 0.3) is 0 Å². The normalized spacial score (nSPS) is 19.8. The third-order valence-electron chi connectivity index (χ3n) is 10.9. The van der Waals surface area contributed by atoms with E-state index < -0.39 is 0 Å². The monoisotopic (exact) mass is 914 g/mol. The average molecular weight is 916 g/mol. The Balaban J connectivity index is 0.000000201. The van der Waals surface area contributed by atoms with Crippen molar-refractivity contribution in [2.24, 2.45) is 10.8 Å². The molecule has 280 valence electrons. The number of nitrogens with zero attached hydrogens (tertiary/aromatic N) is 2. The fraction of sp³-hybridized carbons (Fsp3) is 0.455. The summed E-state index contributed by atoms with van der Waals surface area (Å²) < 4.78 is 13.3. The van der Waals surface area contributed by atoms with Crippen molar-refractivity contribution >= 4 is 84.8 Å². The largest absolute Gasteiger partial charge is 0.496 e. The molecule has 2 heterocycles. The minimum absolute atomic E-state index is 0.329. The van der Waals surface area contributed by atoms with Gasteiger partial charge in [-0.25, -0.2) is 0 Å². The molecule has 0 saturated heterocycles. The van der Waals surface area contributed by atoms with Crippen LogP contribution in [0.15, 0.2) is 99.2 Å². The average Bonchev–Trinajstić information content (AvgIpc) is 3.45. The van der Waals surface area contributed by atoms with E-state index in [2.05, 4.69) is 161 Å². The van der Waals surface area contributed by atoms with Gasteiger partial charge in [-0.3, -0.25) is 0 Å². The molecule has 4 aromatic carbocycles. The number of hydrogen-bond donors (Lipinski definition) is 0. The Hall–Kier alpha value is -2.01. The molecule has 0 aromatic heterocycles. The molecule has 0 aliphatic carbocycles. The molecule has 2 atom stereocenters.